The van der Waals surface area contributed by atoms with Gasteiger partial charge in [-0.1, -0.05) is 28.1 Å². The quantitative estimate of drug-likeness (QED) is 0.524. The highest BCUT2D eigenvalue weighted by atomic mass is 79.9. The Morgan fingerprint density at radius 3 is 2.42 bits per heavy atom. The second-order valence-electron chi connectivity index (χ2n) is 7.53. The molecular weight excluding hydrogens is 514 g/mol. The minimum Gasteiger partial charge on any atom is -0.454 e. The minimum absolute atomic E-state index is 0.0433. The summed E-state index contributed by atoms with van der Waals surface area (Å²) in [5.41, 5.74) is 1.07. The van der Waals surface area contributed by atoms with Crippen molar-refractivity contribution in [2.24, 2.45) is 0 Å². The molecule has 0 radical (unpaired) electrons. The summed E-state index contributed by atoms with van der Waals surface area (Å²) in [5.74, 6) is 0.0629. The molecule has 9 nitrogen and oxygen atoms in total. The summed E-state index contributed by atoms with van der Waals surface area (Å²) < 4.78 is 37.7. The molecule has 0 saturated heterocycles. The third-order valence-corrected chi connectivity index (χ3v) is 6.78. The van der Waals surface area contributed by atoms with Crippen LogP contribution in [0.25, 0.3) is 0 Å². The number of rotatable bonds is 9. The van der Waals surface area contributed by atoms with Crippen LogP contribution in [0.4, 0.5) is 5.69 Å². The molecule has 0 fully saturated rings. The second kappa shape index (κ2) is 10.4. The number of fused-ring (bicyclic) bond motifs is 1. The zero-order valence-electron chi connectivity index (χ0n) is 18.6. The molecule has 0 bridgehead atoms. The number of benzene rings is 2. The van der Waals surface area contributed by atoms with E-state index in [0.29, 0.717) is 18.0 Å². The third-order valence-electron chi connectivity index (χ3n) is 5.11. The number of hydrogen-bond donors (Lipinski definition) is 1. The van der Waals surface area contributed by atoms with Crippen LogP contribution in [-0.4, -0.2) is 57.3 Å². The fraction of sp³-hybridized carbons (Fsp3) is 0.364. The molecule has 1 atom stereocenters. The lowest BCUT2D eigenvalue weighted by Gasteiger charge is -2.31. The number of hydrogen-bond acceptors (Lipinski definition) is 6. The molecule has 1 aliphatic heterocycles. The zero-order chi connectivity index (χ0) is 24.2. The first-order valence-corrected chi connectivity index (χ1v) is 12.9. The van der Waals surface area contributed by atoms with Crippen molar-refractivity contribution in [3.8, 4) is 11.5 Å². The first kappa shape index (κ1) is 24.8. The van der Waals surface area contributed by atoms with Gasteiger partial charge in [0.2, 0.25) is 28.6 Å². The molecule has 0 aliphatic carbocycles. The van der Waals surface area contributed by atoms with Crippen molar-refractivity contribution in [2.45, 2.75) is 26.4 Å². The Labute approximate surface area is 201 Å². The van der Waals surface area contributed by atoms with Crippen LogP contribution in [0.2, 0.25) is 0 Å². The number of likely N-dealkylation sites (N-methyl/N-ethyl adjacent to an activating group) is 1. The van der Waals surface area contributed by atoms with Crippen molar-refractivity contribution < 1.29 is 27.5 Å². The average Bonchev–Trinajstić information content (AvgIpc) is 3.23. The van der Waals surface area contributed by atoms with Crippen LogP contribution >= 0.6 is 15.9 Å². The fourth-order valence-electron chi connectivity index (χ4n) is 3.35. The first-order chi connectivity index (χ1) is 15.6. The molecule has 0 aromatic heterocycles. The van der Waals surface area contributed by atoms with E-state index in [4.69, 9.17) is 9.47 Å². The molecule has 178 valence electrons. The van der Waals surface area contributed by atoms with E-state index in [2.05, 4.69) is 21.2 Å². The highest BCUT2D eigenvalue weighted by molar-refractivity contribution is 9.10. The van der Waals surface area contributed by atoms with Gasteiger partial charge in [-0.3, -0.25) is 13.9 Å². The maximum absolute atomic E-state index is 13.4. The van der Waals surface area contributed by atoms with Gasteiger partial charge in [0, 0.05) is 23.6 Å². The monoisotopic (exact) mass is 539 g/mol. The molecule has 0 saturated carbocycles. The van der Waals surface area contributed by atoms with Gasteiger partial charge in [-0.25, -0.2) is 8.42 Å². The molecule has 2 aromatic rings. The Kier molecular flexibility index (Phi) is 7.85. The number of anilines is 1. The van der Waals surface area contributed by atoms with E-state index in [-0.39, 0.29) is 24.9 Å². The number of nitrogens with one attached hydrogen (secondary N) is 1. The van der Waals surface area contributed by atoms with Crippen LogP contribution in [0.15, 0.2) is 46.9 Å². The maximum Gasteiger partial charge on any atom is 0.244 e. The van der Waals surface area contributed by atoms with Gasteiger partial charge in [-0.15, -0.1) is 0 Å². The zero-order valence-corrected chi connectivity index (χ0v) is 21.0. The number of carbonyl (C=O) groups excluding carboxylic acids is 2. The summed E-state index contributed by atoms with van der Waals surface area (Å²) in [5, 5.41) is 2.72. The number of halogens is 1. The number of nitrogens with zero attached hydrogens (tertiary/aromatic N) is 2. The predicted molar refractivity (Wildman–Crippen MR) is 128 cm³/mol. The van der Waals surface area contributed by atoms with E-state index < -0.39 is 28.5 Å². The van der Waals surface area contributed by atoms with Gasteiger partial charge in [0.05, 0.1) is 11.9 Å². The van der Waals surface area contributed by atoms with E-state index >= 15 is 0 Å². The summed E-state index contributed by atoms with van der Waals surface area (Å²) >= 11 is 3.38. The van der Waals surface area contributed by atoms with Crippen molar-refractivity contribution in [3.63, 3.8) is 0 Å². The van der Waals surface area contributed by atoms with Crippen LogP contribution in [0.1, 0.15) is 19.4 Å². The summed E-state index contributed by atoms with van der Waals surface area (Å²) in [6.07, 6.45) is 1.02. The van der Waals surface area contributed by atoms with Gasteiger partial charge in [0.25, 0.3) is 0 Å². The highest BCUT2D eigenvalue weighted by Crippen LogP contribution is 2.36. The van der Waals surface area contributed by atoms with E-state index in [1.165, 1.54) is 11.0 Å². The molecule has 2 amide bonds. The SMILES string of the molecule is CCNC(=O)[C@@H](C)N(Cc1ccc(Br)cc1)C(=O)CN(c1ccc2c(c1)OCO2)S(C)(=O)=O. The lowest BCUT2D eigenvalue weighted by molar-refractivity contribution is -0.139. The first-order valence-electron chi connectivity index (χ1n) is 10.3. The normalized spacial score (nSPS) is 13.3. The molecular formula is C22H26BrN3O6S. The second-order valence-corrected chi connectivity index (χ2v) is 10.3. The number of sulfonamides is 1. The van der Waals surface area contributed by atoms with E-state index in [9.17, 15) is 18.0 Å². The van der Waals surface area contributed by atoms with Crippen molar-refractivity contribution in [2.75, 3.05) is 30.4 Å². The van der Waals surface area contributed by atoms with Crippen molar-refractivity contribution in [1.29, 1.82) is 0 Å². The van der Waals surface area contributed by atoms with Crippen molar-refractivity contribution in [3.05, 3.63) is 52.5 Å². The van der Waals surface area contributed by atoms with Crippen LogP contribution in [0.3, 0.4) is 0 Å². The topological polar surface area (TPSA) is 105 Å². The van der Waals surface area contributed by atoms with Crippen molar-refractivity contribution >= 4 is 43.5 Å². The molecule has 11 heteroatoms. The molecule has 2 aromatic carbocycles. The van der Waals surface area contributed by atoms with Gasteiger partial charge >= 0.3 is 0 Å². The summed E-state index contributed by atoms with van der Waals surface area (Å²) in [4.78, 5) is 27.3. The average molecular weight is 540 g/mol. The summed E-state index contributed by atoms with van der Waals surface area (Å²) in [6.45, 7) is 3.53. The molecule has 1 N–H and O–H groups in total. The Bertz CT molecular complexity index is 1120. The van der Waals surface area contributed by atoms with Gasteiger partial charge in [-0.05, 0) is 43.7 Å². The predicted octanol–water partition coefficient (Wildman–Crippen LogP) is 2.50. The Hall–Kier alpha value is -2.79. The van der Waals surface area contributed by atoms with Crippen LogP contribution in [0, 0.1) is 0 Å². The minimum atomic E-state index is -3.82. The van der Waals surface area contributed by atoms with E-state index in [1.54, 1.807) is 26.0 Å². The lowest BCUT2D eigenvalue weighted by atomic mass is 10.1. The molecule has 0 spiro atoms. The van der Waals surface area contributed by atoms with Gasteiger partial charge in [0.15, 0.2) is 11.5 Å². The molecule has 3 rings (SSSR count). The van der Waals surface area contributed by atoms with Gasteiger partial charge in [0.1, 0.15) is 12.6 Å². The number of ether oxygens (including phenoxy) is 2. The van der Waals surface area contributed by atoms with Crippen LogP contribution < -0.4 is 19.1 Å². The fourth-order valence-corrected chi connectivity index (χ4v) is 4.45. The standard InChI is InChI=1S/C22H26BrN3O6S/c1-4-24-22(28)15(2)25(12-16-5-7-17(23)8-6-16)21(27)13-26(33(3,29)30)18-9-10-19-20(11-18)32-14-31-19/h5-11,15H,4,12-14H2,1-3H3,(H,24,28)/t15-/m1/s1. The van der Waals surface area contributed by atoms with E-state index in [0.717, 1.165) is 20.6 Å². The summed E-state index contributed by atoms with van der Waals surface area (Å²) in [6, 6.07) is 11.2. The van der Waals surface area contributed by atoms with Crippen molar-refractivity contribution in [1.82, 2.24) is 10.2 Å². The molecule has 1 aliphatic rings. The smallest absolute Gasteiger partial charge is 0.244 e. The Morgan fingerprint density at radius 2 is 1.79 bits per heavy atom. The Morgan fingerprint density at radius 1 is 1.12 bits per heavy atom. The van der Waals surface area contributed by atoms with E-state index in [1.807, 2.05) is 24.3 Å². The van der Waals surface area contributed by atoms with Crippen LogP contribution in [0.5, 0.6) is 11.5 Å². The third kappa shape index (κ3) is 6.17. The Balaban J connectivity index is 1.90. The largest absolute Gasteiger partial charge is 0.454 e. The molecule has 1 heterocycles. The van der Waals surface area contributed by atoms with Gasteiger partial charge < -0.3 is 19.7 Å². The summed E-state index contributed by atoms with van der Waals surface area (Å²) in [7, 11) is -3.82. The molecule has 33 heavy (non-hydrogen) atoms. The number of amides is 2. The molecule has 0 unspecified atom stereocenters. The highest BCUT2D eigenvalue weighted by Gasteiger charge is 2.30. The van der Waals surface area contributed by atoms with Crippen LogP contribution in [-0.2, 0) is 26.2 Å². The number of carbonyl (C=O) groups is 2. The maximum atomic E-state index is 13.4. The van der Waals surface area contributed by atoms with Gasteiger partial charge in [-0.2, -0.15) is 0 Å². The lowest BCUT2D eigenvalue weighted by Crippen LogP contribution is -2.51.